The van der Waals surface area contributed by atoms with E-state index in [0.29, 0.717) is 27.6 Å². The van der Waals surface area contributed by atoms with Gasteiger partial charge in [-0.15, -0.1) is 0 Å². The molecule has 0 amide bonds. The Bertz CT molecular complexity index is 1660. The highest BCUT2D eigenvalue weighted by Gasteiger charge is 2.34. The SMILES string of the molecule is [2H]C([2H])([2H])c1ccc2c(n1)oc1c(-c3cc(Cc4ccc(CC(C)(C)C)cc4)c(C(F)(F)F)cn3)cccc12. The van der Waals surface area contributed by atoms with Crippen LogP contribution in [0, 0.1) is 12.3 Å². The maximum Gasteiger partial charge on any atom is 0.418 e. The summed E-state index contributed by atoms with van der Waals surface area (Å²) in [6.07, 6.45) is -2.75. The molecule has 0 aliphatic heterocycles. The molecule has 0 fully saturated rings. The summed E-state index contributed by atoms with van der Waals surface area (Å²) in [7, 11) is 0. The highest BCUT2D eigenvalue weighted by atomic mass is 19.4. The number of pyridine rings is 2. The van der Waals surface area contributed by atoms with Crippen molar-refractivity contribution in [3.05, 3.63) is 94.8 Å². The lowest BCUT2D eigenvalue weighted by Crippen LogP contribution is -2.11. The van der Waals surface area contributed by atoms with Crippen LogP contribution in [0.25, 0.3) is 33.3 Å². The van der Waals surface area contributed by atoms with Crippen molar-refractivity contribution < 1.29 is 21.7 Å². The van der Waals surface area contributed by atoms with E-state index in [2.05, 4.69) is 30.7 Å². The summed E-state index contributed by atoms with van der Waals surface area (Å²) < 4.78 is 70.7. The third kappa shape index (κ3) is 4.85. The Morgan fingerprint density at radius 1 is 0.917 bits per heavy atom. The third-order valence-electron chi connectivity index (χ3n) is 6.09. The number of aromatic nitrogens is 2. The first kappa shape index (κ1) is 20.5. The Morgan fingerprint density at radius 2 is 1.67 bits per heavy atom. The topological polar surface area (TPSA) is 38.9 Å². The van der Waals surface area contributed by atoms with Crippen LogP contribution in [0.5, 0.6) is 0 Å². The molecule has 0 bridgehead atoms. The fraction of sp³-hybridized carbons (Fsp3) is 0.267. The van der Waals surface area contributed by atoms with Crippen LogP contribution in [0.4, 0.5) is 13.2 Å². The summed E-state index contributed by atoms with van der Waals surface area (Å²) in [4.78, 5) is 8.33. The minimum Gasteiger partial charge on any atom is -0.437 e. The summed E-state index contributed by atoms with van der Waals surface area (Å²) in [5.74, 6) is 0. The predicted octanol–water partition coefficient (Wildman–Crippen LogP) is 8.55. The quantitative estimate of drug-likeness (QED) is 0.253. The Morgan fingerprint density at radius 3 is 2.36 bits per heavy atom. The molecule has 3 aromatic heterocycles. The maximum absolute atomic E-state index is 13.9. The van der Waals surface area contributed by atoms with Gasteiger partial charge in [-0.3, -0.25) is 4.98 Å². The summed E-state index contributed by atoms with van der Waals surface area (Å²) in [5.41, 5.74) is 2.56. The number of hydrogen-bond acceptors (Lipinski definition) is 3. The first-order valence-electron chi connectivity index (χ1n) is 13.2. The number of benzene rings is 2. The van der Waals surface area contributed by atoms with Crippen LogP contribution in [-0.4, -0.2) is 9.97 Å². The van der Waals surface area contributed by atoms with Crippen LogP contribution in [0.1, 0.15) is 52.8 Å². The standard InChI is InChI=1S/C30H27F3N2O/c1-18-8-13-23-22-6-5-7-24(27(22)36-28(23)35-18)26-15-21(25(17-34-26)30(31,32)33)14-19-9-11-20(12-10-19)16-29(2,3)4/h5-13,15,17H,14,16H2,1-4H3/i1D3. The number of alkyl halides is 3. The van der Waals surface area contributed by atoms with Gasteiger partial charge in [-0.1, -0.05) is 57.2 Å². The number of halogens is 3. The van der Waals surface area contributed by atoms with E-state index in [1.165, 1.54) is 12.1 Å². The van der Waals surface area contributed by atoms with Gasteiger partial charge in [0.25, 0.3) is 0 Å². The first-order chi connectivity index (χ1) is 18.2. The number of para-hydroxylation sites is 1. The summed E-state index contributed by atoms with van der Waals surface area (Å²) in [6.45, 7) is 4.02. The van der Waals surface area contributed by atoms with E-state index in [4.69, 9.17) is 8.53 Å². The molecule has 0 N–H and O–H groups in total. The first-order valence-corrected chi connectivity index (χ1v) is 11.7. The van der Waals surface area contributed by atoms with Gasteiger partial charge in [0.2, 0.25) is 5.71 Å². The van der Waals surface area contributed by atoms with E-state index in [0.717, 1.165) is 23.7 Å². The molecule has 2 aromatic carbocycles. The molecule has 3 heterocycles. The molecule has 3 nitrogen and oxygen atoms in total. The molecule has 184 valence electrons. The molecular formula is C30H27F3N2O. The van der Waals surface area contributed by atoms with Gasteiger partial charge in [-0.2, -0.15) is 13.2 Å². The molecule has 5 aromatic rings. The van der Waals surface area contributed by atoms with Crippen LogP contribution in [0.3, 0.4) is 0 Å². The average Bonchev–Trinajstić information content (AvgIpc) is 3.21. The molecule has 0 atom stereocenters. The second kappa shape index (κ2) is 8.77. The van der Waals surface area contributed by atoms with Gasteiger partial charge in [0.05, 0.1) is 11.3 Å². The Labute approximate surface area is 212 Å². The van der Waals surface area contributed by atoms with E-state index in [-0.39, 0.29) is 28.8 Å². The predicted molar refractivity (Wildman–Crippen MR) is 137 cm³/mol. The molecule has 0 unspecified atom stereocenters. The van der Waals surface area contributed by atoms with Gasteiger partial charge in [0, 0.05) is 32.3 Å². The number of hydrogen-bond donors (Lipinski definition) is 0. The van der Waals surface area contributed by atoms with Crippen molar-refractivity contribution in [2.75, 3.05) is 0 Å². The fourth-order valence-electron chi connectivity index (χ4n) is 4.53. The smallest absolute Gasteiger partial charge is 0.418 e. The molecule has 5 rings (SSSR count). The van der Waals surface area contributed by atoms with Gasteiger partial charge in [0.1, 0.15) is 5.58 Å². The van der Waals surface area contributed by atoms with Crippen molar-refractivity contribution in [2.24, 2.45) is 5.41 Å². The molecule has 0 spiro atoms. The van der Waals surface area contributed by atoms with Crippen LogP contribution >= 0.6 is 0 Å². The molecule has 6 heteroatoms. The number of nitrogens with zero attached hydrogens (tertiary/aromatic N) is 2. The van der Waals surface area contributed by atoms with Crippen LogP contribution in [0.2, 0.25) is 0 Å². The number of fused-ring (bicyclic) bond motifs is 3. The molecule has 0 saturated carbocycles. The Balaban J connectivity index is 1.58. The average molecular weight is 492 g/mol. The van der Waals surface area contributed by atoms with Gasteiger partial charge < -0.3 is 4.42 Å². The zero-order valence-corrected chi connectivity index (χ0v) is 20.2. The summed E-state index contributed by atoms with van der Waals surface area (Å²) in [5, 5.41) is 1.28. The highest BCUT2D eigenvalue weighted by Crippen LogP contribution is 2.38. The van der Waals surface area contributed by atoms with Crippen molar-refractivity contribution in [3.63, 3.8) is 0 Å². The van der Waals surface area contributed by atoms with Crippen molar-refractivity contribution in [1.29, 1.82) is 0 Å². The van der Waals surface area contributed by atoms with Crippen LogP contribution in [-0.2, 0) is 19.0 Å². The van der Waals surface area contributed by atoms with E-state index in [1.807, 2.05) is 24.3 Å². The van der Waals surface area contributed by atoms with Crippen LogP contribution in [0.15, 0.2) is 71.3 Å². The van der Waals surface area contributed by atoms with Crippen molar-refractivity contribution in [1.82, 2.24) is 9.97 Å². The highest BCUT2D eigenvalue weighted by molar-refractivity contribution is 6.08. The molecule has 0 aliphatic rings. The Hall–Kier alpha value is -3.67. The molecular weight excluding hydrogens is 461 g/mol. The molecule has 0 radical (unpaired) electrons. The van der Waals surface area contributed by atoms with Gasteiger partial charge in [0.15, 0.2) is 0 Å². The number of rotatable bonds is 4. The second-order valence-corrected chi connectivity index (χ2v) is 10.3. The lowest BCUT2D eigenvalue weighted by atomic mass is 9.87. The fourth-order valence-corrected chi connectivity index (χ4v) is 4.53. The molecule has 36 heavy (non-hydrogen) atoms. The monoisotopic (exact) mass is 491 g/mol. The van der Waals surface area contributed by atoms with Gasteiger partial charge >= 0.3 is 6.18 Å². The van der Waals surface area contributed by atoms with E-state index < -0.39 is 18.6 Å². The van der Waals surface area contributed by atoms with Gasteiger partial charge in [-0.05, 0) is 66.1 Å². The normalized spacial score (nSPS) is 14.1. The largest absolute Gasteiger partial charge is 0.437 e. The van der Waals surface area contributed by atoms with Crippen molar-refractivity contribution in [2.45, 2.75) is 46.6 Å². The molecule has 0 saturated heterocycles. The zero-order valence-electron chi connectivity index (χ0n) is 23.2. The maximum atomic E-state index is 13.9. The van der Waals surface area contributed by atoms with Crippen LogP contribution < -0.4 is 0 Å². The molecule has 0 aliphatic carbocycles. The summed E-state index contributed by atoms with van der Waals surface area (Å²) >= 11 is 0. The minimum absolute atomic E-state index is 0.0831. The minimum atomic E-state index is -4.56. The van der Waals surface area contributed by atoms with E-state index in [9.17, 15) is 13.2 Å². The third-order valence-corrected chi connectivity index (χ3v) is 6.09. The number of furan rings is 1. The summed E-state index contributed by atoms with van der Waals surface area (Å²) in [6, 6.07) is 17.5. The lowest BCUT2D eigenvalue weighted by molar-refractivity contribution is -0.138. The zero-order chi connectivity index (χ0) is 28.2. The van der Waals surface area contributed by atoms with Gasteiger partial charge in [-0.25, -0.2) is 4.98 Å². The van der Waals surface area contributed by atoms with Crippen molar-refractivity contribution >= 4 is 22.1 Å². The second-order valence-electron chi connectivity index (χ2n) is 10.3. The Kier molecular flexibility index (Phi) is 5.00. The van der Waals surface area contributed by atoms with E-state index >= 15 is 0 Å². The number of aryl methyl sites for hydroxylation is 1. The van der Waals surface area contributed by atoms with E-state index in [1.54, 1.807) is 24.3 Å². The lowest BCUT2D eigenvalue weighted by Gasteiger charge is -2.18. The van der Waals surface area contributed by atoms with Crippen molar-refractivity contribution in [3.8, 4) is 11.3 Å².